The second-order valence-corrected chi connectivity index (χ2v) is 5.73. The van der Waals surface area contributed by atoms with Crippen molar-refractivity contribution in [2.45, 2.75) is 38.1 Å². The molecule has 0 aromatic heterocycles. The molecule has 3 rings (SSSR count). The van der Waals surface area contributed by atoms with Gasteiger partial charge in [0.25, 0.3) is 5.91 Å². The molecule has 3 nitrogen and oxygen atoms in total. The molecule has 1 aromatic rings. The van der Waals surface area contributed by atoms with E-state index in [-0.39, 0.29) is 5.91 Å². The second kappa shape index (κ2) is 5.33. The first-order valence-corrected chi connectivity index (χ1v) is 7.38. The van der Waals surface area contributed by atoms with Gasteiger partial charge in [0.05, 0.1) is 0 Å². The molecule has 0 radical (unpaired) electrons. The summed E-state index contributed by atoms with van der Waals surface area (Å²) in [6.45, 7) is 0.767. The van der Waals surface area contributed by atoms with Crippen molar-refractivity contribution in [2.75, 3.05) is 13.6 Å². The molecule has 3 heteroatoms. The van der Waals surface area contributed by atoms with Gasteiger partial charge >= 0.3 is 0 Å². The van der Waals surface area contributed by atoms with Gasteiger partial charge in [0.15, 0.2) is 0 Å². The minimum absolute atomic E-state index is 0.0874. The summed E-state index contributed by atoms with van der Waals surface area (Å²) in [6.07, 6.45) is 6.24. The summed E-state index contributed by atoms with van der Waals surface area (Å²) in [4.78, 5) is 11.9. The van der Waals surface area contributed by atoms with Gasteiger partial charge in [-0.2, -0.15) is 0 Å². The van der Waals surface area contributed by atoms with E-state index in [1.807, 2.05) is 7.05 Å². The Morgan fingerprint density at radius 2 is 2.11 bits per heavy atom. The average molecular weight is 258 g/mol. The highest BCUT2D eigenvalue weighted by Gasteiger charge is 2.26. The van der Waals surface area contributed by atoms with E-state index in [0.29, 0.717) is 6.04 Å². The van der Waals surface area contributed by atoms with Crippen molar-refractivity contribution in [2.24, 2.45) is 5.92 Å². The summed E-state index contributed by atoms with van der Waals surface area (Å²) in [5, 5.41) is 6.38. The van der Waals surface area contributed by atoms with Crippen LogP contribution in [0.5, 0.6) is 0 Å². The monoisotopic (exact) mass is 258 g/mol. The van der Waals surface area contributed by atoms with E-state index < -0.39 is 0 Å². The van der Waals surface area contributed by atoms with Crippen LogP contribution in [0.15, 0.2) is 18.2 Å². The highest BCUT2D eigenvalue weighted by Crippen LogP contribution is 2.36. The molecule has 0 bridgehead atoms. The van der Waals surface area contributed by atoms with Gasteiger partial charge in [-0.05, 0) is 49.4 Å². The van der Waals surface area contributed by atoms with Crippen molar-refractivity contribution in [3.8, 4) is 0 Å². The number of hydrogen-bond acceptors (Lipinski definition) is 2. The van der Waals surface area contributed by atoms with Crippen LogP contribution >= 0.6 is 0 Å². The van der Waals surface area contributed by atoms with Gasteiger partial charge in [-0.25, -0.2) is 0 Å². The lowest BCUT2D eigenvalue weighted by Crippen LogP contribution is -2.32. The van der Waals surface area contributed by atoms with Crippen molar-refractivity contribution >= 4 is 5.91 Å². The number of hydrogen-bond donors (Lipinski definition) is 2. The summed E-state index contributed by atoms with van der Waals surface area (Å²) in [7, 11) is 2.03. The number of carbonyl (C=O) groups is 1. The molecule has 102 valence electrons. The molecule has 19 heavy (non-hydrogen) atoms. The summed E-state index contributed by atoms with van der Waals surface area (Å²) in [6, 6.07) is 6.84. The maximum absolute atomic E-state index is 11.9. The topological polar surface area (TPSA) is 41.1 Å². The largest absolute Gasteiger partial charge is 0.352 e. The van der Waals surface area contributed by atoms with Crippen LogP contribution in [0.1, 0.15) is 53.2 Å². The number of carbonyl (C=O) groups excluding carboxylic acids is 1. The molecule has 1 aliphatic heterocycles. The predicted octanol–water partition coefficient (Wildman–Crippen LogP) is 2.42. The predicted molar refractivity (Wildman–Crippen MR) is 76.2 cm³/mol. The lowest BCUT2D eigenvalue weighted by molar-refractivity contribution is 0.0946. The lowest BCUT2D eigenvalue weighted by Gasteiger charge is -2.25. The molecule has 1 aliphatic carbocycles. The molecule has 2 aliphatic rings. The van der Waals surface area contributed by atoms with E-state index in [0.717, 1.165) is 24.4 Å². The molecule has 1 fully saturated rings. The molecule has 1 saturated carbocycles. The van der Waals surface area contributed by atoms with Crippen LogP contribution in [0, 0.1) is 5.92 Å². The van der Waals surface area contributed by atoms with Gasteiger partial charge in [-0.3, -0.25) is 4.79 Å². The van der Waals surface area contributed by atoms with Gasteiger partial charge in [0, 0.05) is 18.2 Å². The minimum atomic E-state index is 0.0874. The minimum Gasteiger partial charge on any atom is -0.352 e. The van der Waals surface area contributed by atoms with Crippen molar-refractivity contribution in [1.82, 2.24) is 10.6 Å². The smallest absolute Gasteiger partial charge is 0.251 e. The molecular weight excluding hydrogens is 236 g/mol. The van der Waals surface area contributed by atoms with Gasteiger partial charge < -0.3 is 10.6 Å². The van der Waals surface area contributed by atoms with Crippen LogP contribution in [0.3, 0.4) is 0 Å². The number of fused-ring (bicyclic) bond motifs is 1. The van der Waals surface area contributed by atoms with Gasteiger partial charge in [-0.1, -0.05) is 25.0 Å². The third kappa shape index (κ3) is 2.39. The van der Waals surface area contributed by atoms with Crippen molar-refractivity contribution in [3.63, 3.8) is 0 Å². The third-order valence-electron chi connectivity index (χ3n) is 4.60. The van der Waals surface area contributed by atoms with Crippen LogP contribution in [-0.4, -0.2) is 19.5 Å². The van der Waals surface area contributed by atoms with E-state index in [1.54, 1.807) is 0 Å². The molecule has 1 unspecified atom stereocenters. The zero-order chi connectivity index (χ0) is 13.2. The number of nitrogens with one attached hydrogen (secondary N) is 2. The highest BCUT2D eigenvalue weighted by molar-refractivity contribution is 5.96. The fourth-order valence-electron chi connectivity index (χ4n) is 3.59. The Morgan fingerprint density at radius 1 is 1.32 bits per heavy atom. The van der Waals surface area contributed by atoms with E-state index >= 15 is 0 Å². The van der Waals surface area contributed by atoms with Crippen LogP contribution in [0.4, 0.5) is 0 Å². The van der Waals surface area contributed by atoms with Crippen LogP contribution in [-0.2, 0) is 6.42 Å². The summed E-state index contributed by atoms with van der Waals surface area (Å²) in [5.74, 6) is 0.805. The summed E-state index contributed by atoms with van der Waals surface area (Å²) < 4.78 is 0. The van der Waals surface area contributed by atoms with Gasteiger partial charge in [0.2, 0.25) is 0 Å². The Bertz CT molecular complexity index is 478. The van der Waals surface area contributed by atoms with Crippen LogP contribution < -0.4 is 10.6 Å². The Labute approximate surface area is 114 Å². The standard InChI is InChI=1S/C16H22N2O/c1-17-15(12-4-2-3-5-12)13-7-6-11-8-9-18-16(19)14(11)10-13/h6-7,10,12,15,17H,2-5,8-9H2,1H3,(H,18,19). The van der Waals surface area contributed by atoms with Crippen LogP contribution in [0.25, 0.3) is 0 Å². The molecule has 1 amide bonds. The molecule has 1 heterocycles. The maximum Gasteiger partial charge on any atom is 0.251 e. The van der Waals surface area contributed by atoms with E-state index in [9.17, 15) is 4.79 Å². The number of amides is 1. The third-order valence-corrected chi connectivity index (χ3v) is 4.60. The summed E-state index contributed by atoms with van der Waals surface area (Å²) in [5.41, 5.74) is 3.33. The Hall–Kier alpha value is -1.35. The SMILES string of the molecule is CNC(c1ccc2c(c1)C(=O)NCC2)C1CCCC1. The quantitative estimate of drug-likeness (QED) is 0.874. The van der Waals surface area contributed by atoms with E-state index in [2.05, 4.69) is 28.8 Å². The van der Waals surface area contributed by atoms with Crippen molar-refractivity contribution in [3.05, 3.63) is 34.9 Å². The number of benzene rings is 1. The first-order valence-electron chi connectivity index (χ1n) is 7.38. The first kappa shape index (κ1) is 12.7. The molecular formula is C16H22N2O. The van der Waals surface area contributed by atoms with E-state index in [4.69, 9.17) is 0 Å². The fourth-order valence-corrected chi connectivity index (χ4v) is 3.59. The fraction of sp³-hybridized carbons (Fsp3) is 0.562. The van der Waals surface area contributed by atoms with Gasteiger partial charge in [0.1, 0.15) is 0 Å². The summed E-state index contributed by atoms with van der Waals surface area (Å²) >= 11 is 0. The molecule has 2 N–H and O–H groups in total. The molecule has 1 atom stereocenters. The average Bonchev–Trinajstić information content (AvgIpc) is 2.94. The Kier molecular flexibility index (Phi) is 3.56. The molecule has 0 spiro atoms. The lowest BCUT2D eigenvalue weighted by atomic mass is 9.88. The van der Waals surface area contributed by atoms with Crippen LogP contribution in [0.2, 0.25) is 0 Å². The maximum atomic E-state index is 11.9. The first-order chi connectivity index (χ1) is 9.29. The molecule has 0 saturated heterocycles. The zero-order valence-corrected chi connectivity index (χ0v) is 11.5. The zero-order valence-electron chi connectivity index (χ0n) is 11.5. The van der Waals surface area contributed by atoms with E-state index in [1.165, 1.54) is 36.8 Å². The van der Waals surface area contributed by atoms with Gasteiger partial charge in [-0.15, -0.1) is 0 Å². The Morgan fingerprint density at radius 3 is 2.84 bits per heavy atom. The normalized spacial score (nSPS) is 21.0. The second-order valence-electron chi connectivity index (χ2n) is 5.73. The van der Waals surface area contributed by atoms with Crippen molar-refractivity contribution < 1.29 is 4.79 Å². The Balaban J connectivity index is 1.91. The van der Waals surface area contributed by atoms with Crippen molar-refractivity contribution in [1.29, 1.82) is 0 Å². The molecule has 1 aromatic carbocycles. The highest BCUT2D eigenvalue weighted by atomic mass is 16.1. The number of rotatable bonds is 3.